The molecule has 4 aromatic carbocycles. The summed E-state index contributed by atoms with van der Waals surface area (Å²) in [7, 11) is 0. The number of aryl methyl sites for hydroxylation is 1. The molecule has 0 saturated carbocycles. The topological polar surface area (TPSA) is 112 Å². The first kappa shape index (κ1) is 36.6. The Hall–Kier alpha value is -5.42. The molecule has 10 nitrogen and oxygen atoms in total. The molecular weight excluding hydrogens is 700 g/mol. The van der Waals surface area contributed by atoms with Crippen molar-refractivity contribution in [3.05, 3.63) is 118 Å². The van der Waals surface area contributed by atoms with Gasteiger partial charge in [0.05, 0.1) is 13.2 Å². The zero-order valence-electron chi connectivity index (χ0n) is 31.1. The Labute approximate surface area is 320 Å². The number of piperazine rings is 1. The Morgan fingerprint density at radius 3 is 2.47 bits per heavy atom. The average molecular weight is 747 g/mol. The van der Waals surface area contributed by atoms with E-state index in [9.17, 15) is 23.9 Å². The maximum Gasteiger partial charge on any atom is 0.255 e. The Morgan fingerprint density at radius 2 is 1.69 bits per heavy atom. The molecule has 286 valence electrons. The predicted octanol–water partition coefficient (Wildman–Crippen LogP) is 6.28. The van der Waals surface area contributed by atoms with E-state index >= 15 is 0 Å². The molecular formula is C44H47FN4O6. The SMILES string of the molecule is Cc1cc(F)ccc1[C@H]1COc2cc(O)ccc2[C@H]1c1ccc(OCCCCCN2CCN(c3ccc4c(c3)CN(C3CCC(=O)NC3=O)C4=O)CC2)cc1. The van der Waals surface area contributed by atoms with Gasteiger partial charge in [0.15, 0.2) is 0 Å². The number of carbonyl (C=O) groups excluding carboxylic acids is 3. The van der Waals surface area contributed by atoms with E-state index in [1.807, 2.05) is 43.3 Å². The van der Waals surface area contributed by atoms with Crippen LogP contribution < -0.4 is 19.7 Å². The van der Waals surface area contributed by atoms with Gasteiger partial charge in [-0.25, -0.2) is 4.39 Å². The highest BCUT2D eigenvalue weighted by Crippen LogP contribution is 2.48. The van der Waals surface area contributed by atoms with Crippen LogP contribution in [0.3, 0.4) is 0 Å². The number of phenolic OH excluding ortho intramolecular Hbond substituents is 1. The van der Waals surface area contributed by atoms with E-state index in [4.69, 9.17) is 9.47 Å². The number of ether oxygens (including phenoxy) is 2. The summed E-state index contributed by atoms with van der Waals surface area (Å²) >= 11 is 0. The monoisotopic (exact) mass is 746 g/mol. The van der Waals surface area contributed by atoms with Crippen LogP contribution in [-0.2, 0) is 16.1 Å². The van der Waals surface area contributed by atoms with Gasteiger partial charge >= 0.3 is 0 Å². The highest BCUT2D eigenvalue weighted by Gasteiger charge is 2.39. The second kappa shape index (κ2) is 15.7. The molecule has 3 amide bonds. The fourth-order valence-electron chi connectivity index (χ4n) is 8.70. The number of hydrogen-bond donors (Lipinski definition) is 2. The third-order valence-corrected chi connectivity index (χ3v) is 11.7. The highest BCUT2D eigenvalue weighted by molar-refractivity contribution is 6.05. The van der Waals surface area contributed by atoms with Crippen LogP contribution in [0.15, 0.2) is 78.9 Å². The summed E-state index contributed by atoms with van der Waals surface area (Å²) in [6.45, 7) is 8.21. The molecule has 0 aliphatic carbocycles. The van der Waals surface area contributed by atoms with Crippen LogP contribution in [0, 0.1) is 12.7 Å². The molecule has 0 bridgehead atoms. The van der Waals surface area contributed by atoms with Gasteiger partial charge in [-0.15, -0.1) is 0 Å². The molecule has 2 N–H and O–H groups in total. The van der Waals surface area contributed by atoms with E-state index < -0.39 is 6.04 Å². The fourth-order valence-corrected chi connectivity index (χ4v) is 8.70. The number of fused-ring (bicyclic) bond motifs is 2. The van der Waals surface area contributed by atoms with Crippen LogP contribution in [0.2, 0.25) is 0 Å². The number of unbranched alkanes of at least 4 members (excludes halogenated alkanes) is 2. The van der Waals surface area contributed by atoms with E-state index in [0.717, 1.165) is 91.2 Å². The standard InChI is InChI=1S/C44H47FN4O6/c1-28-23-31(45)7-12-35(28)38-27-55-40-25-33(50)9-14-37(40)42(38)29-5-10-34(11-6-29)54-22-4-2-3-17-47-18-20-48(21-19-47)32-8-13-36-30(24-32)26-49(44(36)53)39-15-16-41(51)46-43(39)52/h5-14,23-25,38-39,42,50H,2-4,15-22,26-27H2,1H3,(H,46,51,52)/t38-,39?,42-/m1/s1. The molecule has 3 atom stereocenters. The normalized spacial score (nSPS) is 21.2. The average Bonchev–Trinajstić information content (AvgIpc) is 3.51. The second-order valence-electron chi connectivity index (χ2n) is 15.2. The van der Waals surface area contributed by atoms with Gasteiger partial charge < -0.3 is 24.4 Å². The van der Waals surface area contributed by atoms with Gasteiger partial charge in [-0.1, -0.05) is 24.3 Å². The van der Waals surface area contributed by atoms with Crippen LogP contribution in [0.25, 0.3) is 0 Å². The first-order valence-corrected chi connectivity index (χ1v) is 19.4. The first-order valence-electron chi connectivity index (χ1n) is 19.4. The van der Waals surface area contributed by atoms with Crippen molar-refractivity contribution >= 4 is 23.4 Å². The van der Waals surface area contributed by atoms with Crippen molar-refractivity contribution in [2.75, 3.05) is 50.8 Å². The Bertz CT molecular complexity index is 2080. The lowest BCUT2D eigenvalue weighted by Gasteiger charge is -2.36. The van der Waals surface area contributed by atoms with Gasteiger partial charge in [0.2, 0.25) is 11.8 Å². The van der Waals surface area contributed by atoms with Gasteiger partial charge in [0.1, 0.15) is 29.1 Å². The van der Waals surface area contributed by atoms with E-state index in [1.54, 1.807) is 23.1 Å². The number of hydrogen-bond acceptors (Lipinski definition) is 8. The van der Waals surface area contributed by atoms with Crippen molar-refractivity contribution in [3.8, 4) is 17.2 Å². The first-order chi connectivity index (χ1) is 26.7. The molecule has 0 radical (unpaired) electrons. The molecule has 11 heteroatoms. The number of anilines is 1. The Balaban J connectivity index is 0.785. The van der Waals surface area contributed by atoms with Gasteiger partial charge in [-0.2, -0.15) is 0 Å². The predicted molar refractivity (Wildman–Crippen MR) is 206 cm³/mol. The number of imide groups is 1. The molecule has 0 aromatic heterocycles. The molecule has 2 saturated heterocycles. The van der Waals surface area contributed by atoms with Gasteiger partial charge in [-0.3, -0.25) is 24.6 Å². The number of rotatable bonds is 11. The molecule has 4 heterocycles. The molecule has 2 fully saturated rings. The van der Waals surface area contributed by atoms with Crippen LogP contribution >= 0.6 is 0 Å². The quantitative estimate of drug-likeness (QED) is 0.136. The minimum Gasteiger partial charge on any atom is -0.508 e. The summed E-state index contributed by atoms with van der Waals surface area (Å²) in [5, 5.41) is 12.5. The lowest BCUT2D eigenvalue weighted by Crippen LogP contribution is -2.52. The van der Waals surface area contributed by atoms with Gasteiger partial charge in [0.25, 0.3) is 5.91 Å². The number of benzene rings is 4. The minimum atomic E-state index is -0.601. The number of carbonyl (C=O) groups is 3. The van der Waals surface area contributed by atoms with E-state index in [2.05, 4.69) is 33.3 Å². The van der Waals surface area contributed by atoms with Crippen LogP contribution in [0.4, 0.5) is 10.1 Å². The summed E-state index contributed by atoms with van der Waals surface area (Å²) in [5.74, 6) is 0.554. The number of nitrogens with one attached hydrogen (secondary N) is 1. The van der Waals surface area contributed by atoms with Crippen molar-refractivity contribution in [2.24, 2.45) is 0 Å². The third-order valence-electron chi connectivity index (χ3n) is 11.7. The summed E-state index contributed by atoms with van der Waals surface area (Å²) in [5.41, 5.74) is 6.72. The largest absolute Gasteiger partial charge is 0.508 e. The molecule has 8 rings (SSSR count). The number of phenols is 1. The van der Waals surface area contributed by atoms with Crippen molar-refractivity contribution < 1.29 is 33.4 Å². The van der Waals surface area contributed by atoms with Crippen molar-refractivity contribution in [2.45, 2.75) is 63.5 Å². The number of nitrogens with zero attached hydrogens (tertiary/aromatic N) is 3. The van der Waals surface area contributed by atoms with Crippen LogP contribution in [0.1, 0.15) is 82.1 Å². The smallest absolute Gasteiger partial charge is 0.255 e. The molecule has 55 heavy (non-hydrogen) atoms. The minimum absolute atomic E-state index is 0.0155. The third kappa shape index (κ3) is 7.76. The maximum absolute atomic E-state index is 14.0. The number of aromatic hydroxyl groups is 1. The lowest BCUT2D eigenvalue weighted by atomic mass is 9.75. The van der Waals surface area contributed by atoms with E-state index in [0.29, 0.717) is 37.5 Å². The summed E-state index contributed by atoms with van der Waals surface area (Å²) < 4.78 is 26.2. The van der Waals surface area contributed by atoms with E-state index in [-0.39, 0.29) is 47.5 Å². The van der Waals surface area contributed by atoms with Crippen molar-refractivity contribution in [3.63, 3.8) is 0 Å². The fraction of sp³-hybridized carbons (Fsp3) is 0.386. The van der Waals surface area contributed by atoms with Gasteiger partial charge in [-0.05, 0) is 110 Å². The summed E-state index contributed by atoms with van der Waals surface area (Å²) in [4.78, 5) is 43.6. The Morgan fingerprint density at radius 1 is 0.891 bits per heavy atom. The van der Waals surface area contributed by atoms with Gasteiger partial charge in [0, 0.05) is 73.9 Å². The van der Waals surface area contributed by atoms with Crippen molar-refractivity contribution in [1.29, 1.82) is 0 Å². The Kier molecular flexibility index (Phi) is 10.5. The van der Waals surface area contributed by atoms with E-state index in [1.165, 1.54) is 6.07 Å². The summed E-state index contributed by atoms with van der Waals surface area (Å²) in [6, 6.07) is 23.8. The van der Waals surface area contributed by atoms with Crippen LogP contribution in [0.5, 0.6) is 17.2 Å². The summed E-state index contributed by atoms with van der Waals surface area (Å²) in [6.07, 6.45) is 3.76. The number of amides is 3. The molecule has 4 aliphatic heterocycles. The highest BCUT2D eigenvalue weighted by atomic mass is 19.1. The lowest BCUT2D eigenvalue weighted by molar-refractivity contribution is -0.136. The molecule has 0 spiro atoms. The zero-order valence-corrected chi connectivity index (χ0v) is 31.1. The molecule has 4 aliphatic rings. The second-order valence-corrected chi connectivity index (χ2v) is 15.2. The number of piperidine rings is 1. The zero-order chi connectivity index (χ0) is 38.1. The maximum atomic E-state index is 14.0. The van der Waals surface area contributed by atoms with Crippen LogP contribution in [-0.4, -0.2) is 84.6 Å². The number of halogens is 1. The molecule has 1 unspecified atom stereocenters. The molecule has 4 aromatic rings. The van der Waals surface area contributed by atoms with Crippen molar-refractivity contribution in [1.82, 2.24) is 15.1 Å².